The van der Waals surface area contributed by atoms with E-state index in [2.05, 4.69) is 5.32 Å². The van der Waals surface area contributed by atoms with Crippen LogP contribution in [-0.4, -0.2) is 24.5 Å². The molecule has 2 N–H and O–H groups in total. The van der Waals surface area contributed by atoms with E-state index in [0.717, 1.165) is 17.7 Å². The number of halogens is 1. The van der Waals surface area contributed by atoms with Gasteiger partial charge in [-0.2, -0.15) is 8.42 Å². The van der Waals surface area contributed by atoms with Gasteiger partial charge in [-0.05, 0) is 42.8 Å². The van der Waals surface area contributed by atoms with E-state index in [1.54, 1.807) is 43.3 Å². The summed E-state index contributed by atoms with van der Waals surface area (Å²) in [5.41, 5.74) is 1.81. The minimum atomic E-state index is -4.61. The molecule has 0 saturated heterocycles. The highest BCUT2D eigenvalue weighted by Gasteiger charge is 2.33. The number of hydrogen-bond acceptors (Lipinski definition) is 5. The number of fused-ring (bicyclic) bond motifs is 2. The monoisotopic (exact) mass is 427 g/mol. The van der Waals surface area contributed by atoms with E-state index in [1.807, 2.05) is 0 Å². The quantitative estimate of drug-likeness (QED) is 0.469. The van der Waals surface area contributed by atoms with Gasteiger partial charge >= 0.3 is 0 Å². The van der Waals surface area contributed by atoms with Gasteiger partial charge in [-0.25, -0.2) is 0 Å². The van der Waals surface area contributed by atoms with Gasteiger partial charge in [0.2, 0.25) is 0 Å². The third-order valence-electron chi connectivity index (χ3n) is 4.76. The van der Waals surface area contributed by atoms with E-state index in [-0.39, 0.29) is 27.9 Å². The molecule has 0 bridgehead atoms. The molecular formula is C21H14ClNO5S. The van der Waals surface area contributed by atoms with E-state index < -0.39 is 26.6 Å². The number of ketones is 2. The van der Waals surface area contributed by atoms with E-state index >= 15 is 0 Å². The third-order valence-corrected chi connectivity index (χ3v) is 5.82. The summed E-state index contributed by atoms with van der Waals surface area (Å²) in [6.45, 7) is 1.79. The second-order valence-electron chi connectivity index (χ2n) is 6.66. The lowest BCUT2D eigenvalue weighted by Crippen LogP contribution is -2.23. The van der Waals surface area contributed by atoms with Crippen molar-refractivity contribution in [2.75, 3.05) is 5.32 Å². The van der Waals surface area contributed by atoms with Gasteiger partial charge in [-0.3, -0.25) is 14.1 Å². The predicted molar refractivity (Wildman–Crippen MR) is 109 cm³/mol. The van der Waals surface area contributed by atoms with Crippen LogP contribution in [0.2, 0.25) is 5.02 Å². The van der Waals surface area contributed by atoms with E-state index in [4.69, 9.17) is 11.6 Å². The van der Waals surface area contributed by atoms with Crippen LogP contribution >= 0.6 is 11.6 Å². The summed E-state index contributed by atoms with van der Waals surface area (Å²) in [5.74, 6) is -0.900. The first-order chi connectivity index (χ1) is 13.7. The Morgan fingerprint density at radius 2 is 1.52 bits per heavy atom. The van der Waals surface area contributed by atoms with Crippen LogP contribution in [0, 0.1) is 6.92 Å². The van der Waals surface area contributed by atoms with E-state index in [0.29, 0.717) is 10.7 Å². The van der Waals surface area contributed by atoms with Crippen LogP contribution in [-0.2, 0) is 10.1 Å². The molecule has 1 aliphatic carbocycles. The lowest BCUT2D eigenvalue weighted by molar-refractivity contribution is 0.0979. The van der Waals surface area contributed by atoms with Crippen molar-refractivity contribution in [2.24, 2.45) is 0 Å². The number of benzene rings is 3. The molecule has 0 heterocycles. The maximum atomic E-state index is 13.1. The lowest BCUT2D eigenvalue weighted by atomic mass is 9.83. The topological polar surface area (TPSA) is 101 Å². The number of hydrogen-bond donors (Lipinski definition) is 2. The zero-order valence-corrected chi connectivity index (χ0v) is 16.6. The fourth-order valence-corrected chi connectivity index (χ4v) is 4.12. The summed E-state index contributed by atoms with van der Waals surface area (Å²) in [4.78, 5) is 25.6. The van der Waals surface area contributed by atoms with Crippen LogP contribution < -0.4 is 5.32 Å². The number of carbonyl (C=O) groups is 2. The molecule has 0 aliphatic heterocycles. The van der Waals surface area contributed by atoms with Gasteiger partial charge in [-0.15, -0.1) is 0 Å². The van der Waals surface area contributed by atoms with Crippen LogP contribution in [0.5, 0.6) is 0 Å². The number of anilines is 2. The number of aryl methyl sites for hydroxylation is 1. The molecule has 146 valence electrons. The summed E-state index contributed by atoms with van der Waals surface area (Å²) < 4.78 is 33.1. The van der Waals surface area contributed by atoms with Crippen molar-refractivity contribution in [2.45, 2.75) is 11.8 Å². The first-order valence-corrected chi connectivity index (χ1v) is 10.4. The molecule has 0 unspecified atom stereocenters. The summed E-state index contributed by atoms with van der Waals surface area (Å²) in [7, 11) is -4.61. The molecule has 0 radical (unpaired) electrons. The zero-order valence-electron chi connectivity index (χ0n) is 15.1. The molecule has 1 aliphatic rings. The second-order valence-corrected chi connectivity index (χ2v) is 8.51. The normalized spacial score (nSPS) is 13.1. The molecule has 3 aromatic carbocycles. The Bertz CT molecular complexity index is 1310. The fourth-order valence-electron chi connectivity index (χ4n) is 3.36. The van der Waals surface area contributed by atoms with Gasteiger partial charge in [0.25, 0.3) is 10.1 Å². The standard InChI is InChI=1S/C21H14ClNO5S/c1-11-8-12(22)6-7-17(11)23-18-10-13(29(26,27)28)9-16-19(18)21(25)15-5-3-2-4-14(15)20(16)24/h2-10,23H,1H3,(H,26,27,28). The molecule has 0 amide bonds. The molecule has 8 heteroatoms. The minimum absolute atomic E-state index is 0.0513. The molecule has 3 aromatic rings. The molecule has 6 nitrogen and oxygen atoms in total. The van der Waals surface area contributed by atoms with Gasteiger partial charge in [0.1, 0.15) is 0 Å². The Labute approximate surface area is 171 Å². The summed E-state index contributed by atoms with van der Waals surface area (Å²) >= 11 is 5.98. The number of carbonyl (C=O) groups excluding carboxylic acids is 2. The van der Waals surface area contributed by atoms with Crippen molar-refractivity contribution >= 4 is 44.7 Å². The number of nitrogens with one attached hydrogen (secondary N) is 1. The molecule has 0 saturated carbocycles. The van der Waals surface area contributed by atoms with Crippen molar-refractivity contribution in [3.63, 3.8) is 0 Å². The highest BCUT2D eigenvalue weighted by atomic mass is 35.5. The second kappa shape index (κ2) is 6.81. The van der Waals surface area contributed by atoms with Crippen molar-refractivity contribution in [1.82, 2.24) is 0 Å². The Morgan fingerprint density at radius 3 is 2.14 bits per heavy atom. The van der Waals surface area contributed by atoms with Crippen molar-refractivity contribution in [3.8, 4) is 0 Å². The zero-order chi connectivity index (χ0) is 20.9. The van der Waals surface area contributed by atoms with Gasteiger partial charge in [0.15, 0.2) is 11.6 Å². The Hall–Kier alpha value is -3.00. The average Bonchev–Trinajstić information content (AvgIpc) is 2.67. The highest BCUT2D eigenvalue weighted by Crippen LogP contribution is 2.36. The number of rotatable bonds is 3. The Kier molecular flexibility index (Phi) is 4.53. The predicted octanol–water partition coefficient (Wildman–Crippen LogP) is 4.41. The molecule has 29 heavy (non-hydrogen) atoms. The Balaban J connectivity index is 1.98. The molecule has 0 atom stereocenters. The summed E-state index contributed by atoms with van der Waals surface area (Å²) in [6, 6.07) is 13.5. The molecular weight excluding hydrogens is 414 g/mol. The Morgan fingerprint density at radius 1 is 0.862 bits per heavy atom. The smallest absolute Gasteiger partial charge is 0.294 e. The third kappa shape index (κ3) is 3.33. The molecule has 4 rings (SSSR count). The van der Waals surface area contributed by atoms with Gasteiger partial charge in [0.05, 0.1) is 16.1 Å². The minimum Gasteiger partial charge on any atom is -0.355 e. The van der Waals surface area contributed by atoms with Gasteiger partial charge < -0.3 is 5.32 Å². The van der Waals surface area contributed by atoms with Crippen LogP contribution in [0.15, 0.2) is 59.5 Å². The maximum absolute atomic E-state index is 13.1. The molecule has 0 fully saturated rings. The van der Waals surface area contributed by atoms with Gasteiger partial charge in [-0.1, -0.05) is 35.9 Å². The van der Waals surface area contributed by atoms with Crippen LogP contribution in [0.25, 0.3) is 0 Å². The van der Waals surface area contributed by atoms with E-state index in [9.17, 15) is 22.6 Å². The SMILES string of the molecule is Cc1cc(Cl)ccc1Nc1cc(S(=O)(=O)O)cc2c1C(=O)c1ccccc1C2=O. The first-order valence-electron chi connectivity index (χ1n) is 8.54. The maximum Gasteiger partial charge on any atom is 0.294 e. The van der Waals surface area contributed by atoms with Gasteiger partial charge in [0, 0.05) is 27.4 Å². The highest BCUT2D eigenvalue weighted by molar-refractivity contribution is 7.85. The molecule has 0 aromatic heterocycles. The van der Waals surface area contributed by atoms with Crippen molar-refractivity contribution in [1.29, 1.82) is 0 Å². The van der Waals surface area contributed by atoms with Crippen molar-refractivity contribution < 1.29 is 22.6 Å². The van der Waals surface area contributed by atoms with E-state index in [1.165, 1.54) is 6.07 Å². The van der Waals surface area contributed by atoms with Crippen LogP contribution in [0.1, 0.15) is 37.4 Å². The fraction of sp³-hybridized carbons (Fsp3) is 0.0476. The summed E-state index contributed by atoms with van der Waals surface area (Å²) in [5, 5.41) is 3.53. The lowest BCUT2D eigenvalue weighted by Gasteiger charge is -2.22. The van der Waals surface area contributed by atoms with Crippen LogP contribution in [0.4, 0.5) is 11.4 Å². The summed E-state index contributed by atoms with van der Waals surface area (Å²) in [6.07, 6.45) is 0. The first kappa shape index (κ1) is 19.3. The molecule has 0 spiro atoms. The average molecular weight is 428 g/mol. The van der Waals surface area contributed by atoms with Crippen molar-refractivity contribution in [3.05, 3.63) is 87.4 Å². The largest absolute Gasteiger partial charge is 0.355 e. The van der Waals surface area contributed by atoms with Crippen LogP contribution in [0.3, 0.4) is 0 Å².